The van der Waals surface area contributed by atoms with E-state index in [1.54, 1.807) is 6.20 Å². The topological polar surface area (TPSA) is 69.8 Å². The summed E-state index contributed by atoms with van der Waals surface area (Å²) in [5.74, 6) is 0.158. The smallest absolute Gasteiger partial charge is 0.228 e. The first-order chi connectivity index (χ1) is 8.34. The second kappa shape index (κ2) is 5.37. The summed E-state index contributed by atoms with van der Waals surface area (Å²) in [6, 6.07) is 5.77. The molecular formula is C12H15ClN4O. The zero-order valence-electron chi connectivity index (χ0n) is 9.77. The molecule has 1 aliphatic rings. The van der Waals surface area contributed by atoms with E-state index in [4.69, 9.17) is 0 Å². The molecule has 1 saturated heterocycles. The van der Waals surface area contributed by atoms with E-state index in [-0.39, 0.29) is 24.2 Å². The summed E-state index contributed by atoms with van der Waals surface area (Å²) in [6.45, 7) is 1.69. The van der Waals surface area contributed by atoms with Crippen LogP contribution >= 0.6 is 12.4 Å². The summed E-state index contributed by atoms with van der Waals surface area (Å²) in [5.41, 5.74) is 1.68. The van der Waals surface area contributed by atoms with E-state index in [1.165, 1.54) is 0 Å². The highest BCUT2D eigenvalue weighted by Gasteiger charge is 2.22. The Labute approximate surface area is 111 Å². The van der Waals surface area contributed by atoms with Crippen LogP contribution in [0.4, 0.5) is 5.69 Å². The number of rotatable bonds is 2. The summed E-state index contributed by atoms with van der Waals surface area (Å²) in [6.07, 6.45) is 2.66. The van der Waals surface area contributed by atoms with Gasteiger partial charge in [0.25, 0.3) is 0 Å². The van der Waals surface area contributed by atoms with Crippen molar-refractivity contribution in [2.45, 2.75) is 6.42 Å². The van der Waals surface area contributed by atoms with Gasteiger partial charge in [0, 0.05) is 11.9 Å². The summed E-state index contributed by atoms with van der Waals surface area (Å²) < 4.78 is 0. The molecule has 5 nitrogen and oxygen atoms in total. The van der Waals surface area contributed by atoms with Crippen LogP contribution in [0.1, 0.15) is 6.42 Å². The second-order valence-corrected chi connectivity index (χ2v) is 4.32. The van der Waals surface area contributed by atoms with Crippen LogP contribution in [-0.4, -0.2) is 29.2 Å². The van der Waals surface area contributed by atoms with Crippen LogP contribution in [-0.2, 0) is 4.79 Å². The maximum Gasteiger partial charge on any atom is 0.228 e. The quantitative estimate of drug-likeness (QED) is 0.772. The van der Waals surface area contributed by atoms with Gasteiger partial charge < -0.3 is 10.6 Å². The fourth-order valence-electron chi connectivity index (χ4n) is 2.19. The predicted octanol–water partition coefficient (Wildman–Crippen LogP) is 1.53. The van der Waals surface area contributed by atoms with E-state index in [2.05, 4.69) is 20.8 Å². The lowest BCUT2D eigenvalue weighted by Crippen LogP contribution is -2.24. The summed E-state index contributed by atoms with van der Waals surface area (Å²) in [5, 5.41) is 14.0. The highest BCUT2D eigenvalue weighted by atomic mass is 35.5. The van der Waals surface area contributed by atoms with E-state index in [0.717, 1.165) is 36.1 Å². The van der Waals surface area contributed by atoms with E-state index >= 15 is 0 Å². The molecule has 1 aromatic carbocycles. The van der Waals surface area contributed by atoms with Gasteiger partial charge in [-0.1, -0.05) is 12.1 Å². The third-order valence-electron chi connectivity index (χ3n) is 3.17. The monoisotopic (exact) mass is 266 g/mol. The van der Waals surface area contributed by atoms with Gasteiger partial charge in [0.05, 0.1) is 23.3 Å². The van der Waals surface area contributed by atoms with Crippen molar-refractivity contribution in [2.24, 2.45) is 5.92 Å². The molecule has 0 saturated carbocycles. The Bertz CT molecular complexity index is 548. The minimum absolute atomic E-state index is 0. The molecule has 0 radical (unpaired) electrons. The Kier molecular flexibility index (Phi) is 3.84. The molecule has 1 aliphatic heterocycles. The molecule has 6 heteroatoms. The second-order valence-electron chi connectivity index (χ2n) is 4.32. The Morgan fingerprint density at radius 1 is 1.44 bits per heavy atom. The first-order valence-electron chi connectivity index (χ1n) is 5.78. The van der Waals surface area contributed by atoms with Gasteiger partial charge >= 0.3 is 0 Å². The van der Waals surface area contributed by atoms with Gasteiger partial charge in [-0.3, -0.25) is 9.89 Å². The molecule has 3 N–H and O–H groups in total. The van der Waals surface area contributed by atoms with Crippen LogP contribution in [0.25, 0.3) is 10.9 Å². The number of benzene rings is 1. The molecule has 0 spiro atoms. The number of carbonyl (C=O) groups is 1. The molecule has 2 aromatic rings. The number of nitrogens with zero attached hydrogens (tertiary/aromatic N) is 1. The van der Waals surface area contributed by atoms with Crippen molar-refractivity contribution >= 4 is 34.9 Å². The van der Waals surface area contributed by atoms with Crippen LogP contribution in [0.3, 0.4) is 0 Å². The van der Waals surface area contributed by atoms with Crippen LogP contribution in [0, 0.1) is 5.92 Å². The van der Waals surface area contributed by atoms with Gasteiger partial charge in [-0.2, -0.15) is 5.10 Å². The number of aromatic nitrogens is 2. The first kappa shape index (κ1) is 12.9. The van der Waals surface area contributed by atoms with Crippen molar-refractivity contribution in [2.75, 3.05) is 18.4 Å². The largest absolute Gasteiger partial charge is 0.324 e. The Balaban J connectivity index is 0.00000120. The maximum absolute atomic E-state index is 12.0. The highest BCUT2D eigenvalue weighted by molar-refractivity contribution is 6.01. The van der Waals surface area contributed by atoms with Crippen LogP contribution in [0.15, 0.2) is 24.4 Å². The third-order valence-corrected chi connectivity index (χ3v) is 3.17. The van der Waals surface area contributed by atoms with Gasteiger partial charge in [-0.15, -0.1) is 12.4 Å². The zero-order chi connectivity index (χ0) is 11.7. The number of para-hydroxylation sites is 1. The van der Waals surface area contributed by atoms with E-state index < -0.39 is 0 Å². The summed E-state index contributed by atoms with van der Waals surface area (Å²) in [7, 11) is 0. The van der Waals surface area contributed by atoms with Crippen molar-refractivity contribution in [1.82, 2.24) is 15.5 Å². The maximum atomic E-state index is 12.0. The first-order valence-corrected chi connectivity index (χ1v) is 5.78. The van der Waals surface area contributed by atoms with Crippen molar-refractivity contribution in [3.8, 4) is 0 Å². The van der Waals surface area contributed by atoms with E-state index in [1.807, 2.05) is 18.2 Å². The molecule has 1 unspecified atom stereocenters. The lowest BCUT2D eigenvalue weighted by molar-refractivity contribution is -0.119. The van der Waals surface area contributed by atoms with Crippen molar-refractivity contribution in [1.29, 1.82) is 0 Å². The molecular weight excluding hydrogens is 252 g/mol. The molecule has 1 atom stereocenters. The third kappa shape index (κ3) is 2.32. The fourth-order valence-corrected chi connectivity index (χ4v) is 2.19. The molecule has 2 heterocycles. The summed E-state index contributed by atoms with van der Waals surface area (Å²) >= 11 is 0. The van der Waals surface area contributed by atoms with Gasteiger partial charge in [0.2, 0.25) is 5.91 Å². The molecule has 1 fully saturated rings. The Morgan fingerprint density at radius 3 is 3.11 bits per heavy atom. The average Bonchev–Trinajstić information content (AvgIpc) is 3.00. The number of carbonyl (C=O) groups excluding carboxylic acids is 1. The molecule has 0 bridgehead atoms. The molecule has 3 rings (SSSR count). The normalized spacial score (nSPS) is 18.6. The van der Waals surface area contributed by atoms with Crippen LogP contribution in [0.2, 0.25) is 0 Å². The van der Waals surface area contributed by atoms with E-state index in [0.29, 0.717) is 0 Å². The standard InChI is InChI=1S/C12H14N4O.ClH/c17-12(9-4-5-13-6-9)15-10-3-1-2-8-7-14-16-11(8)10;/h1-3,7,9,13H,4-6H2,(H,14,16)(H,15,17);1H. The van der Waals surface area contributed by atoms with E-state index in [9.17, 15) is 4.79 Å². The van der Waals surface area contributed by atoms with Gasteiger partial charge in [-0.05, 0) is 19.0 Å². The number of amides is 1. The fraction of sp³-hybridized carbons (Fsp3) is 0.333. The number of nitrogens with one attached hydrogen (secondary N) is 3. The molecule has 18 heavy (non-hydrogen) atoms. The Morgan fingerprint density at radius 2 is 2.33 bits per heavy atom. The number of hydrogen-bond donors (Lipinski definition) is 3. The van der Waals surface area contributed by atoms with Gasteiger partial charge in [-0.25, -0.2) is 0 Å². The van der Waals surface area contributed by atoms with Crippen LogP contribution < -0.4 is 10.6 Å². The molecule has 1 aromatic heterocycles. The number of halogens is 1. The van der Waals surface area contributed by atoms with Gasteiger partial charge in [0.15, 0.2) is 0 Å². The minimum atomic E-state index is 0. The van der Waals surface area contributed by atoms with Gasteiger partial charge in [0.1, 0.15) is 0 Å². The number of fused-ring (bicyclic) bond motifs is 1. The molecule has 1 amide bonds. The average molecular weight is 267 g/mol. The minimum Gasteiger partial charge on any atom is -0.324 e. The van der Waals surface area contributed by atoms with Crippen molar-refractivity contribution in [3.05, 3.63) is 24.4 Å². The van der Waals surface area contributed by atoms with Crippen molar-refractivity contribution < 1.29 is 4.79 Å². The highest BCUT2D eigenvalue weighted by Crippen LogP contribution is 2.21. The molecule has 96 valence electrons. The SMILES string of the molecule is Cl.O=C(Nc1cccc2cn[nH]c12)C1CCNC1. The summed E-state index contributed by atoms with van der Waals surface area (Å²) in [4.78, 5) is 12.0. The van der Waals surface area contributed by atoms with Crippen LogP contribution in [0.5, 0.6) is 0 Å². The lowest BCUT2D eigenvalue weighted by atomic mass is 10.1. The zero-order valence-corrected chi connectivity index (χ0v) is 10.6. The lowest BCUT2D eigenvalue weighted by Gasteiger charge is -2.10. The number of H-pyrrole nitrogens is 1. The number of hydrogen-bond acceptors (Lipinski definition) is 3. The Hall–Kier alpha value is -1.59. The molecule has 0 aliphatic carbocycles. The number of anilines is 1. The predicted molar refractivity (Wildman–Crippen MR) is 72.9 cm³/mol. The van der Waals surface area contributed by atoms with Crippen molar-refractivity contribution in [3.63, 3.8) is 0 Å². The number of aromatic amines is 1.